The summed E-state index contributed by atoms with van der Waals surface area (Å²) in [6.07, 6.45) is 0. The normalized spacial score (nSPS) is 11.1. The summed E-state index contributed by atoms with van der Waals surface area (Å²) in [5.74, 6) is -0.0799. The molecule has 0 saturated carbocycles. The third kappa shape index (κ3) is 3.74. The van der Waals surface area contributed by atoms with Gasteiger partial charge in [0, 0.05) is 16.5 Å². The van der Waals surface area contributed by atoms with Crippen molar-refractivity contribution >= 4 is 44.9 Å². The summed E-state index contributed by atoms with van der Waals surface area (Å²) in [6, 6.07) is 13.5. The Kier molecular flexibility index (Phi) is 4.68. The average Bonchev–Trinajstić information content (AvgIpc) is 2.88. The molecule has 0 spiro atoms. The zero-order valence-electron chi connectivity index (χ0n) is 13.3. The summed E-state index contributed by atoms with van der Waals surface area (Å²) in [5, 5.41) is 3.48. The first-order valence-electron chi connectivity index (χ1n) is 7.47. The molecule has 0 unspecified atom stereocenters. The van der Waals surface area contributed by atoms with Crippen molar-refractivity contribution in [3.8, 4) is 0 Å². The van der Waals surface area contributed by atoms with Crippen LogP contribution < -0.4 is 5.32 Å². The number of thioether (sulfide) groups is 1. The van der Waals surface area contributed by atoms with Gasteiger partial charge >= 0.3 is 0 Å². The highest BCUT2D eigenvalue weighted by atomic mass is 32.2. The number of anilines is 1. The molecule has 0 saturated heterocycles. The fourth-order valence-corrected chi connectivity index (χ4v) is 4.59. The van der Waals surface area contributed by atoms with Crippen LogP contribution in [0, 0.1) is 6.92 Å². The number of fused-ring (bicyclic) bond motifs is 1. The lowest BCUT2D eigenvalue weighted by Crippen LogP contribution is -2.13. The molecular weight excluding hydrogens is 324 g/mol. The standard InChI is InChI=1S/C18H18N2OS2/c1-11(2)22-18-20-15-9-8-13(10-16(15)23-18)19-17(21)14-7-5-4-6-12(14)3/h4-11H,1-3H3,(H,19,21). The van der Waals surface area contributed by atoms with E-state index in [2.05, 4.69) is 24.1 Å². The van der Waals surface area contributed by atoms with Gasteiger partial charge in [-0.3, -0.25) is 4.79 Å². The van der Waals surface area contributed by atoms with Gasteiger partial charge in [0.25, 0.3) is 5.91 Å². The number of benzene rings is 2. The predicted molar refractivity (Wildman–Crippen MR) is 99.7 cm³/mol. The lowest BCUT2D eigenvalue weighted by molar-refractivity contribution is 0.102. The summed E-state index contributed by atoms with van der Waals surface area (Å²) in [5.41, 5.74) is 3.45. The van der Waals surface area contributed by atoms with Gasteiger partial charge in [-0.1, -0.05) is 43.8 Å². The highest BCUT2D eigenvalue weighted by molar-refractivity contribution is 8.01. The van der Waals surface area contributed by atoms with Crippen molar-refractivity contribution in [2.24, 2.45) is 0 Å². The molecule has 3 rings (SSSR count). The quantitative estimate of drug-likeness (QED) is 0.649. The molecule has 1 amide bonds. The first kappa shape index (κ1) is 16.0. The Labute approximate surface area is 144 Å². The zero-order valence-corrected chi connectivity index (χ0v) is 14.9. The van der Waals surface area contributed by atoms with E-state index in [0.717, 1.165) is 25.8 Å². The number of amides is 1. The molecule has 1 aromatic heterocycles. The number of carbonyl (C=O) groups excluding carboxylic acids is 1. The number of thiazole rings is 1. The Morgan fingerprint density at radius 1 is 1.22 bits per heavy atom. The maximum atomic E-state index is 12.4. The Morgan fingerprint density at radius 2 is 2.00 bits per heavy atom. The molecule has 0 fully saturated rings. The Hall–Kier alpha value is -1.85. The van der Waals surface area contributed by atoms with E-state index in [4.69, 9.17) is 0 Å². The van der Waals surface area contributed by atoms with Crippen LogP contribution in [0.3, 0.4) is 0 Å². The molecule has 0 aliphatic heterocycles. The summed E-state index contributed by atoms with van der Waals surface area (Å²) >= 11 is 3.43. The Balaban J connectivity index is 1.83. The Bertz CT molecular complexity index is 855. The number of hydrogen-bond acceptors (Lipinski definition) is 4. The number of carbonyl (C=O) groups is 1. The SMILES string of the molecule is Cc1ccccc1C(=O)Nc1ccc2nc(SC(C)C)sc2c1. The van der Waals surface area contributed by atoms with Crippen LogP contribution in [0.15, 0.2) is 46.8 Å². The third-order valence-electron chi connectivity index (χ3n) is 3.35. The van der Waals surface area contributed by atoms with Crippen molar-refractivity contribution in [1.29, 1.82) is 0 Å². The summed E-state index contributed by atoms with van der Waals surface area (Å²) in [4.78, 5) is 17.0. The number of rotatable bonds is 4. The van der Waals surface area contributed by atoms with Gasteiger partial charge in [-0.2, -0.15) is 0 Å². The van der Waals surface area contributed by atoms with Crippen molar-refractivity contribution in [1.82, 2.24) is 4.98 Å². The van der Waals surface area contributed by atoms with Gasteiger partial charge in [0.1, 0.15) is 0 Å². The average molecular weight is 342 g/mol. The van der Waals surface area contributed by atoms with Crippen molar-refractivity contribution in [3.63, 3.8) is 0 Å². The van der Waals surface area contributed by atoms with E-state index in [1.807, 2.05) is 49.4 Å². The Morgan fingerprint density at radius 3 is 2.74 bits per heavy atom. The van der Waals surface area contributed by atoms with Gasteiger partial charge in [-0.05, 0) is 36.8 Å². The second-order valence-corrected chi connectivity index (χ2v) is 8.45. The molecule has 0 atom stereocenters. The van der Waals surface area contributed by atoms with Crippen molar-refractivity contribution in [2.45, 2.75) is 30.4 Å². The molecule has 1 N–H and O–H groups in total. The largest absolute Gasteiger partial charge is 0.322 e. The fraction of sp³-hybridized carbons (Fsp3) is 0.222. The highest BCUT2D eigenvalue weighted by Crippen LogP contribution is 2.33. The third-order valence-corrected chi connectivity index (χ3v) is 5.47. The van der Waals surface area contributed by atoms with E-state index in [1.54, 1.807) is 23.1 Å². The lowest BCUT2D eigenvalue weighted by atomic mass is 10.1. The van der Waals surface area contributed by atoms with E-state index in [-0.39, 0.29) is 5.91 Å². The molecule has 3 aromatic rings. The van der Waals surface area contributed by atoms with Crippen LogP contribution >= 0.6 is 23.1 Å². The highest BCUT2D eigenvalue weighted by Gasteiger charge is 2.11. The summed E-state index contributed by atoms with van der Waals surface area (Å²) < 4.78 is 2.16. The molecule has 3 nitrogen and oxygen atoms in total. The van der Waals surface area contributed by atoms with E-state index in [0.29, 0.717) is 10.8 Å². The monoisotopic (exact) mass is 342 g/mol. The van der Waals surface area contributed by atoms with Crippen LogP contribution in [0.25, 0.3) is 10.2 Å². The smallest absolute Gasteiger partial charge is 0.255 e. The van der Waals surface area contributed by atoms with Gasteiger partial charge in [0.2, 0.25) is 0 Å². The molecule has 23 heavy (non-hydrogen) atoms. The molecule has 1 heterocycles. The van der Waals surface area contributed by atoms with Gasteiger partial charge in [-0.15, -0.1) is 11.3 Å². The van der Waals surface area contributed by atoms with E-state index in [9.17, 15) is 4.79 Å². The molecular formula is C18H18N2OS2. The maximum absolute atomic E-state index is 12.4. The van der Waals surface area contributed by atoms with Gasteiger partial charge in [0.05, 0.1) is 10.2 Å². The van der Waals surface area contributed by atoms with Crippen LogP contribution in [-0.4, -0.2) is 16.1 Å². The molecule has 0 aliphatic carbocycles. The minimum absolute atomic E-state index is 0.0799. The van der Waals surface area contributed by atoms with Gasteiger partial charge in [-0.25, -0.2) is 4.98 Å². The molecule has 0 aliphatic rings. The molecule has 118 valence electrons. The van der Waals surface area contributed by atoms with Crippen LogP contribution in [0.1, 0.15) is 29.8 Å². The minimum Gasteiger partial charge on any atom is -0.322 e. The topological polar surface area (TPSA) is 42.0 Å². The number of nitrogens with one attached hydrogen (secondary N) is 1. The van der Waals surface area contributed by atoms with E-state index < -0.39 is 0 Å². The van der Waals surface area contributed by atoms with Crippen LogP contribution in [0.2, 0.25) is 0 Å². The summed E-state index contributed by atoms with van der Waals surface area (Å²) in [7, 11) is 0. The van der Waals surface area contributed by atoms with Crippen LogP contribution in [-0.2, 0) is 0 Å². The fourth-order valence-electron chi connectivity index (χ4n) is 2.26. The number of aryl methyl sites for hydroxylation is 1. The van der Waals surface area contributed by atoms with Crippen molar-refractivity contribution in [2.75, 3.05) is 5.32 Å². The van der Waals surface area contributed by atoms with Crippen LogP contribution in [0.5, 0.6) is 0 Å². The van der Waals surface area contributed by atoms with E-state index >= 15 is 0 Å². The summed E-state index contributed by atoms with van der Waals surface area (Å²) in [6.45, 7) is 6.26. The molecule has 0 bridgehead atoms. The van der Waals surface area contributed by atoms with Gasteiger partial charge in [0.15, 0.2) is 4.34 Å². The van der Waals surface area contributed by atoms with Crippen molar-refractivity contribution < 1.29 is 4.79 Å². The number of hydrogen-bond donors (Lipinski definition) is 1. The molecule has 5 heteroatoms. The maximum Gasteiger partial charge on any atom is 0.255 e. The number of nitrogens with zero attached hydrogens (tertiary/aromatic N) is 1. The second kappa shape index (κ2) is 6.72. The van der Waals surface area contributed by atoms with Gasteiger partial charge < -0.3 is 5.32 Å². The first-order chi connectivity index (χ1) is 11.0. The minimum atomic E-state index is -0.0799. The van der Waals surface area contributed by atoms with Crippen LogP contribution in [0.4, 0.5) is 5.69 Å². The first-order valence-corrected chi connectivity index (χ1v) is 9.17. The van der Waals surface area contributed by atoms with Crippen molar-refractivity contribution in [3.05, 3.63) is 53.6 Å². The number of aromatic nitrogens is 1. The zero-order chi connectivity index (χ0) is 16.4. The molecule has 0 radical (unpaired) electrons. The molecule has 2 aromatic carbocycles. The second-order valence-electron chi connectivity index (χ2n) is 5.60. The van der Waals surface area contributed by atoms with E-state index in [1.165, 1.54) is 0 Å². The predicted octanol–water partition coefficient (Wildman–Crippen LogP) is 5.36. The lowest BCUT2D eigenvalue weighted by Gasteiger charge is -2.07.